The fraction of sp³-hybridized carbons (Fsp3) is 0.571. The maximum atomic E-state index is 11.7. The van der Waals surface area contributed by atoms with E-state index in [9.17, 15) is 4.79 Å². The lowest BCUT2D eigenvalue weighted by molar-refractivity contribution is -0.892. The van der Waals surface area contributed by atoms with E-state index >= 15 is 0 Å². The number of hydrogen-bond donors (Lipinski definition) is 2. The molecule has 20 heavy (non-hydrogen) atoms. The zero-order valence-corrected chi connectivity index (χ0v) is 12.0. The van der Waals surface area contributed by atoms with Crippen LogP contribution in [-0.2, 0) is 9.53 Å². The maximum Gasteiger partial charge on any atom is 0.275 e. The quantitative estimate of drug-likeness (QED) is 0.591. The Kier molecular flexibility index (Phi) is 5.76. The molecular formula is C14H24N4O2+2. The number of aromatic amines is 1. The molecule has 0 unspecified atom stereocenters. The van der Waals surface area contributed by atoms with Crippen molar-refractivity contribution in [3.8, 4) is 0 Å². The molecule has 110 valence electrons. The highest BCUT2D eigenvalue weighted by atomic mass is 16.5. The van der Waals surface area contributed by atoms with Crippen LogP contribution in [0, 0.1) is 0 Å². The normalized spacial score (nSPS) is 16.1. The molecule has 1 aromatic heterocycles. The second-order valence-corrected chi connectivity index (χ2v) is 5.00. The molecule has 1 aromatic rings. The van der Waals surface area contributed by atoms with Gasteiger partial charge in [0.1, 0.15) is 26.2 Å². The van der Waals surface area contributed by atoms with Gasteiger partial charge in [-0.15, -0.1) is 0 Å². The number of amides is 1. The molecule has 0 aliphatic carbocycles. The minimum absolute atomic E-state index is 0.108. The van der Waals surface area contributed by atoms with Crippen LogP contribution in [0.5, 0.6) is 0 Å². The van der Waals surface area contributed by atoms with Crippen LogP contribution >= 0.6 is 0 Å². The molecule has 0 bridgehead atoms. The summed E-state index contributed by atoms with van der Waals surface area (Å²) in [5.74, 6) is 1.26. The molecule has 0 spiro atoms. The van der Waals surface area contributed by atoms with Gasteiger partial charge in [0.25, 0.3) is 11.7 Å². The second-order valence-electron chi connectivity index (χ2n) is 5.00. The monoisotopic (exact) mass is 280 g/mol. The van der Waals surface area contributed by atoms with Gasteiger partial charge in [-0.1, -0.05) is 6.07 Å². The van der Waals surface area contributed by atoms with Crippen LogP contribution in [0.25, 0.3) is 0 Å². The first kappa shape index (κ1) is 14.7. The van der Waals surface area contributed by atoms with Gasteiger partial charge >= 0.3 is 0 Å². The number of anilines is 1. The number of H-pyrrole nitrogens is 1. The van der Waals surface area contributed by atoms with Crippen molar-refractivity contribution in [2.45, 2.75) is 0 Å². The van der Waals surface area contributed by atoms with Gasteiger partial charge in [-0.2, -0.15) is 0 Å². The zero-order chi connectivity index (χ0) is 14.2. The van der Waals surface area contributed by atoms with Crippen molar-refractivity contribution >= 4 is 11.7 Å². The number of nitrogens with zero attached hydrogens (tertiary/aromatic N) is 1. The molecule has 2 heterocycles. The molecule has 1 aliphatic rings. The van der Waals surface area contributed by atoms with Crippen molar-refractivity contribution in [1.82, 2.24) is 5.32 Å². The Labute approximate surface area is 119 Å². The summed E-state index contributed by atoms with van der Waals surface area (Å²) in [6.07, 6.45) is 1.94. The number of carbonyl (C=O) groups is 1. The third-order valence-electron chi connectivity index (χ3n) is 3.54. The molecule has 0 atom stereocenters. The second kappa shape index (κ2) is 7.81. The van der Waals surface area contributed by atoms with E-state index in [0.29, 0.717) is 19.7 Å². The number of hydrogen-bond acceptors (Lipinski definition) is 3. The Hall–Kier alpha value is -1.66. The zero-order valence-electron chi connectivity index (χ0n) is 12.0. The number of ether oxygens (including phenoxy) is 1. The van der Waals surface area contributed by atoms with Gasteiger partial charge < -0.3 is 15.0 Å². The van der Waals surface area contributed by atoms with Crippen molar-refractivity contribution in [2.24, 2.45) is 0 Å². The summed E-state index contributed by atoms with van der Waals surface area (Å²) < 4.78 is 4.91. The maximum absolute atomic E-state index is 11.7. The van der Waals surface area contributed by atoms with Crippen molar-refractivity contribution in [3.05, 3.63) is 24.4 Å². The summed E-state index contributed by atoms with van der Waals surface area (Å²) in [7, 11) is 1.64. The number of pyridine rings is 1. The number of nitrogens with one attached hydrogen (secondary N) is 3. The lowest BCUT2D eigenvalue weighted by Gasteiger charge is -2.27. The van der Waals surface area contributed by atoms with Gasteiger partial charge in [0.2, 0.25) is 0 Å². The number of methoxy groups -OCH3 is 1. The predicted octanol–water partition coefficient (Wildman–Crippen LogP) is -2.03. The number of piperazine rings is 1. The van der Waals surface area contributed by atoms with Crippen LogP contribution < -0.4 is 20.1 Å². The van der Waals surface area contributed by atoms with Gasteiger partial charge in [-0.05, 0) is 6.07 Å². The number of quaternary nitrogens is 1. The van der Waals surface area contributed by atoms with Gasteiger partial charge in [0.15, 0.2) is 6.54 Å². The van der Waals surface area contributed by atoms with Crippen molar-refractivity contribution in [2.75, 3.05) is 57.9 Å². The number of rotatable bonds is 6. The van der Waals surface area contributed by atoms with Gasteiger partial charge in [-0.25, -0.2) is 4.98 Å². The molecule has 2 rings (SSSR count). The first-order valence-electron chi connectivity index (χ1n) is 7.10. The number of carbonyl (C=O) groups excluding carboxylic acids is 1. The molecule has 3 N–H and O–H groups in total. The fourth-order valence-electron chi connectivity index (χ4n) is 2.40. The molecule has 1 saturated heterocycles. The Morgan fingerprint density at radius 3 is 2.90 bits per heavy atom. The summed E-state index contributed by atoms with van der Waals surface area (Å²) in [4.78, 5) is 18.6. The molecule has 0 saturated carbocycles. The molecular weight excluding hydrogens is 256 g/mol. The first-order valence-corrected chi connectivity index (χ1v) is 7.10. The van der Waals surface area contributed by atoms with Gasteiger partial charge in [0, 0.05) is 19.7 Å². The minimum atomic E-state index is 0.108. The molecule has 6 heteroatoms. The van der Waals surface area contributed by atoms with E-state index < -0.39 is 0 Å². The Morgan fingerprint density at radius 2 is 2.25 bits per heavy atom. The summed E-state index contributed by atoms with van der Waals surface area (Å²) in [6, 6.07) is 6.10. The standard InChI is InChI=1S/C14H22N4O2/c1-20-11-6-16-14(19)12-17-7-9-18(10-8-17)13-4-2-3-5-15-13/h2-5H,6-12H2,1H3,(H,16,19)/p+2. The van der Waals surface area contributed by atoms with Gasteiger partial charge in [-0.3, -0.25) is 9.69 Å². The van der Waals surface area contributed by atoms with Crippen LogP contribution in [0.2, 0.25) is 0 Å². The van der Waals surface area contributed by atoms with E-state index in [4.69, 9.17) is 4.74 Å². The van der Waals surface area contributed by atoms with E-state index in [-0.39, 0.29) is 5.91 Å². The van der Waals surface area contributed by atoms with Gasteiger partial charge in [0.05, 0.1) is 12.8 Å². The Bertz CT molecular complexity index is 405. The van der Waals surface area contributed by atoms with E-state index in [1.54, 1.807) is 7.11 Å². The summed E-state index contributed by atoms with van der Waals surface area (Å²) in [5, 5.41) is 2.87. The first-order chi connectivity index (χ1) is 9.79. The molecule has 0 aromatic carbocycles. The highest BCUT2D eigenvalue weighted by Crippen LogP contribution is 2.04. The third-order valence-corrected chi connectivity index (χ3v) is 3.54. The SMILES string of the molecule is COCCNC(=O)C[NH+]1CCN(c2cccc[nH+]2)CC1. The van der Waals surface area contributed by atoms with Crippen LogP contribution in [-0.4, -0.2) is 58.9 Å². The lowest BCUT2D eigenvalue weighted by atomic mass is 10.3. The highest BCUT2D eigenvalue weighted by molar-refractivity contribution is 5.76. The molecule has 1 fully saturated rings. The summed E-state index contributed by atoms with van der Waals surface area (Å²) in [6.45, 7) is 5.63. The Morgan fingerprint density at radius 1 is 1.45 bits per heavy atom. The predicted molar refractivity (Wildman–Crippen MR) is 75.7 cm³/mol. The Balaban J connectivity index is 1.70. The van der Waals surface area contributed by atoms with Crippen molar-refractivity contribution in [3.63, 3.8) is 0 Å². The fourth-order valence-corrected chi connectivity index (χ4v) is 2.40. The average molecular weight is 280 g/mol. The van der Waals surface area contributed by atoms with Crippen LogP contribution in [0.4, 0.5) is 5.82 Å². The lowest BCUT2D eigenvalue weighted by Crippen LogP contribution is -3.16. The summed E-state index contributed by atoms with van der Waals surface area (Å²) in [5.41, 5.74) is 0. The molecule has 0 radical (unpaired) electrons. The van der Waals surface area contributed by atoms with Crippen molar-refractivity contribution < 1.29 is 19.4 Å². The summed E-state index contributed by atoms with van der Waals surface area (Å²) >= 11 is 0. The molecule has 1 amide bonds. The van der Waals surface area contributed by atoms with E-state index in [0.717, 1.165) is 32.0 Å². The van der Waals surface area contributed by atoms with Crippen LogP contribution in [0.1, 0.15) is 0 Å². The van der Waals surface area contributed by atoms with Crippen molar-refractivity contribution in [1.29, 1.82) is 0 Å². The number of aromatic nitrogens is 1. The van der Waals surface area contributed by atoms with Crippen LogP contribution in [0.3, 0.4) is 0 Å². The van der Waals surface area contributed by atoms with Crippen LogP contribution in [0.15, 0.2) is 24.4 Å². The molecule has 6 nitrogen and oxygen atoms in total. The van der Waals surface area contributed by atoms with E-state index in [1.807, 2.05) is 18.3 Å². The average Bonchev–Trinajstić information content (AvgIpc) is 2.49. The van der Waals surface area contributed by atoms with E-state index in [1.165, 1.54) is 4.90 Å². The minimum Gasteiger partial charge on any atom is -0.383 e. The molecule has 1 aliphatic heterocycles. The van der Waals surface area contributed by atoms with E-state index in [2.05, 4.69) is 21.3 Å². The highest BCUT2D eigenvalue weighted by Gasteiger charge is 2.26. The topological polar surface area (TPSA) is 60.1 Å². The third kappa shape index (κ3) is 4.47. The smallest absolute Gasteiger partial charge is 0.275 e. The largest absolute Gasteiger partial charge is 0.383 e.